The molecule has 2 saturated carbocycles. The van der Waals surface area contributed by atoms with Crippen LogP contribution in [0.2, 0.25) is 0 Å². The molecule has 2 aliphatic carbocycles. The normalized spacial score (nSPS) is 27.9. The Kier molecular flexibility index (Phi) is 4.20. The lowest BCUT2D eigenvalue weighted by Gasteiger charge is -2.24. The first-order chi connectivity index (χ1) is 9.72. The first-order valence-electron chi connectivity index (χ1n) is 8.04. The van der Waals surface area contributed by atoms with Gasteiger partial charge in [0.25, 0.3) is 0 Å². The molecule has 20 heavy (non-hydrogen) atoms. The molecule has 0 spiro atoms. The number of carbonyl (C=O) groups is 1. The summed E-state index contributed by atoms with van der Waals surface area (Å²) in [5, 5.41) is 4.61. The molecule has 2 aliphatic rings. The molecule has 0 bridgehead atoms. The summed E-state index contributed by atoms with van der Waals surface area (Å²) in [6.07, 6.45) is 11.5. The molecule has 2 N–H and O–H groups in total. The maximum atomic E-state index is 12.3. The van der Waals surface area contributed by atoms with Gasteiger partial charge in [0.1, 0.15) is 5.78 Å². The van der Waals surface area contributed by atoms with E-state index in [-0.39, 0.29) is 5.92 Å². The largest absolute Gasteiger partial charge is 0.328 e. The number of nitrogens with two attached hydrogens (primary N) is 1. The highest BCUT2D eigenvalue weighted by atomic mass is 16.1. The molecule has 1 aromatic heterocycles. The second-order valence-electron chi connectivity index (χ2n) is 6.48. The number of hydrogen-bond acceptors (Lipinski definition) is 3. The Labute approximate surface area is 120 Å². The Morgan fingerprint density at radius 2 is 1.90 bits per heavy atom. The zero-order chi connectivity index (χ0) is 13.9. The fraction of sp³-hybridized carbons (Fsp3) is 0.750. The molecule has 4 nitrogen and oxygen atoms in total. The van der Waals surface area contributed by atoms with E-state index in [1.807, 2.05) is 6.07 Å². The van der Waals surface area contributed by atoms with Crippen molar-refractivity contribution in [1.82, 2.24) is 9.78 Å². The molecule has 4 heteroatoms. The zero-order valence-corrected chi connectivity index (χ0v) is 12.1. The third kappa shape index (κ3) is 3.11. The van der Waals surface area contributed by atoms with Crippen molar-refractivity contribution in [2.75, 3.05) is 0 Å². The highest BCUT2D eigenvalue weighted by Gasteiger charge is 2.25. The van der Waals surface area contributed by atoms with Crippen LogP contribution in [0.5, 0.6) is 0 Å². The average molecular weight is 275 g/mol. The van der Waals surface area contributed by atoms with Crippen molar-refractivity contribution >= 4 is 5.78 Å². The second kappa shape index (κ2) is 6.08. The maximum Gasteiger partial charge on any atom is 0.141 e. The van der Waals surface area contributed by atoms with Crippen molar-refractivity contribution in [2.24, 2.45) is 11.7 Å². The van der Waals surface area contributed by atoms with Crippen LogP contribution in [0.15, 0.2) is 12.3 Å². The van der Waals surface area contributed by atoms with Gasteiger partial charge in [-0.25, -0.2) is 0 Å². The van der Waals surface area contributed by atoms with Gasteiger partial charge in [-0.3, -0.25) is 9.48 Å². The first-order valence-corrected chi connectivity index (χ1v) is 8.04. The lowest BCUT2D eigenvalue weighted by Crippen LogP contribution is -2.30. The van der Waals surface area contributed by atoms with Crippen molar-refractivity contribution in [3.63, 3.8) is 0 Å². The van der Waals surface area contributed by atoms with E-state index in [2.05, 4.69) is 16.0 Å². The molecule has 1 heterocycles. The average Bonchev–Trinajstić information content (AvgIpc) is 3.09. The minimum atomic E-state index is 0.214. The van der Waals surface area contributed by atoms with E-state index >= 15 is 0 Å². The number of Topliss-reactive ketones (excluding diaryl/α,β-unsaturated/α-hetero) is 1. The zero-order valence-electron chi connectivity index (χ0n) is 12.1. The monoisotopic (exact) mass is 275 g/mol. The van der Waals surface area contributed by atoms with Crippen LogP contribution in [0.3, 0.4) is 0 Å². The van der Waals surface area contributed by atoms with Crippen LogP contribution in [0.25, 0.3) is 0 Å². The Morgan fingerprint density at radius 3 is 2.60 bits per heavy atom. The van der Waals surface area contributed by atoms with Gasteiger partial charge in [0, 0.05) is 18.2 Å². The lowest BCUT2D eigenvalue weighted by molar-refractivity contribution is -0.123. The summed E-state index contributed by atoms with van der Waals surface area (Å²) in [5.74, 6) is 0.569. The standard InChI is InChI=1S/C16H25N3O/c17-13-7-5-12(6-8-13)16(20)11-14-9-10-19(18-14)15-3-1-2-4-15/h9-10,12-13,15H,1-8,11,17H2. The van der Waals surface area contributed by atoms with Gasteiger partial charge in [-0.1, -0.05) is 12.8 Å². The molecule has 0 saturated heterocycles. The molecule has 0 atom stereocenters. The summed E-state index contributed by atoms with van der Waals surface area (Å²) in [6.45, 7) is 0. The summed E-state index contributed by atoms with van der Waals surface area (Å²) in [4.78, 5) is 12.3. The number of aromatic nitrogens is 2. The molecule has 0 aromatic carbocycles. The van der Waals surface area contributed by atoms with Gasteiger partial charge < -0.3 is 5.73 Å². The van der Waals surface area contributed by atoms with Crippen LogP contribution in [-0.4, -0.2) is 21.6 Å². The highest BCUT2D eigenvalue weighted by Crippen LogP contribution is 2.29. The third-order valence-electron chi connectivity index (χ3n) is 4.94. The molecule has 0 amide bonds. The van der Waals surface area contributed by atoms with Gasteiger partial charge in [0.2, 0.25) is 0 Å². The van der Waals surface area contributed by atoms with E-state index in [1.165, 1.54) is 25.7 Å². The smallest absolute Gasteiger partial charge is 0.141 e. The van der Waals surface area contributed by atoms with E-state index in [0.717, 1.165) is 31.4 Å². The predicted molar refractivity (Wildman–Crippen MR) is 78.4 cm³/mol. The summed E-state index contributed by atoms with van der Waals surface area (Å²) in [6, 6.07) is 2.89. The van der Waals surface area contributed by atoms with Crippen molar-refractivity contribution in [2.45, 2.75) is 69.9 Å². The van der Waals surface area contributed by atoms with Crippen LogP contribution in [0.4, 0.5) is 0 Å². The molecule has 1 aromatic rings. The van der Waals surface area contributed by atoms with E-state index in [1.54, 1.807) is 0 Å². The minimum Gasteiger partial charge on any atom is -0.328 e. The molecule has 0 radical (unpaired) electrons. The fourth-order valence-electron chi connectivity index (χ4n) is 3.61. The molecular formula is C16H25N3O. The Hall–Kier alpha value is -1.16. The Balaban J connectivity index is 1.56. The summed E-state index contributed by atoms with van der Waals surface area (Å²) in [7, 11) is 0. The first kappa shape index (κ1) is 13.8. The summed E-state index contributed by atoms with van der Waals surface area (Å²) < 4.78 is 2.08. The topological polar surface area (TPSA) is 60.9 Å². The second-order valence-corrected chi connectivity index (χ2v) is 6.48. The molecule has 0 unspecified atom stereocenters. The SMILES string of the molecule is NC1CCC(C(=O)Cc2ccn(C3CCCC3)n2)CC1. The molecule has 110 valence electrons. The predicted octanol–water partition coefficient (Wildman–Crippen LogP) is 2.63. The van der Waals surface area contributed by atoms with Crippen molar-refractivity contribution in [3.8, 4) is 0 Å². The van der Waals surface area contributed by atoms with Crippen LogP contribution >= 0.6 is 0 Å². The Bertz CT molecular complexity index is 454. The summed E-state index contributed by atoms with van der Waals surface area (Å²) >= 11 is 0. The van der Waals surface area contributed by atoms with Crippen molar-refractivity contribution < 1.29 is 4.79 Å². The third-order valence-corrected chi connectivity index (χ3v) is 4.94. The van der Waals surface area contributed by atoms with Gasteiger partial charge in [0.05, 0.1) is 18.2 Å². The van der Waals surface area contributed by atoms with E-state index in [4.69, 9.17) is 5.73 Å². The van der Waals surface area contributed by atoms with Gasteiger partial charge >= 0.3 is 0 Å². The van der Waals surface area contributed by atoms with E-state index in [9.17, 15) is 4.79 Å². The van der Waals surface area contributed by atoms with Gasteiger partial charge in [0.15, 0.2) is 0 Å². The lowest BCUT2D eigenvalue weighted by atomic mass is 9.83. The highest BCUT2D eigenvalue weighted by molar-refractivity contribution is 5.82. The van der Waals surface area contributed by atoms with Crippen molar-refractivity contribution in [3.05, 3.63) is 18.0 Å². The number of nitrogens with zero attached hydrogens (tertiary/aromatic N) is 2. The molecular weight excluding hydrogens is 250 g/mol. The minimum absolute atomic E-state index is 0.214. The number of hydrogen-bond donors (Lipinski definition) is 1. The van der Waals surface area contributed by atoms with Gasteiger partial charge in [-0.15, -0.1) is 0 Å². The Morgan fingerprint density at radius 1 is 1.20 bits per heavy atom. The van der Waals surface area contributed by atoms with Crippen LogP contribution in [-0.2, 0) is 11.2 Å². The fourth-order valence-corrected chi connectivity index (χ4v) is 3.61. The molecule has 0 aliphatic heterocycles. The quantitative estimate of drug-likeness (QED) is 0.919. The summed E-state index contributed by atoms with van der Waals surface area (Å²) in [5.41, 5.74) is 6.84. The van der Waals surface area contributed by atoms with E-state index < -0.39 is 0 Å². The van der Waals surface area contributed by atoms with Gasteiger partial charge in [-0.05, 0) is 44.6 Å². The molecule has 3 rings (SSSR count). The number of ketones is 1. The van der Waals surface area contributed by atoms with Gasteiger partial charge in [-0.2, -0.15) is 5.10 Å². The van der Waals surface area contributed by atoms with Crippen LogP contribution in [0, 0.1) is 5.92 Å². The number of rotatable bonds is 4. The van der Waals surface area contributed by atoms with Crippen LogP contribution in [0.1, 0.15) is 63.1 Å². The maximum absolute atomic E-state index is 12.3. The van der Waals surface area contributed by atoms with Crippen molar-refractivity contribution in [1.29, 1.82) is 0 Å². The van der Waals surface area contributed by atoms with E-state index in [0.29, 0.717) is 24.3 Å². The van der Waals surface area contributed by atoms with Crippen LogP contribution < -0.4 is 5.73 Å². The number of carbonyl (C=O) groups excluding carboxylic acids is 1. The molecule has 2 fully saturated rings.